The van der Waals surface area contributed by atoms with Crippen LogP contribution in [-0.2, 0) is 11.2 Å². The first-order valence-electron chi connectivity index (χ1n) is 4.81. The molecular formula is C11H13F3O2. The van der Waals surface area contributed by atoms with Crippen molar-refractivity contribution in [2.75, 3.05) is 7.11 Å². The van der Waals surface area contributed by atoms with Crippen molar-refractivity contribution < 1.29 is 23.0 Å². The number of aromatic hydroxyl groups is 1. The van der Waals surface area contributed by atoms with Crippen molar-refractivity contribution in [1.82, 2.24) is 0 Å². The van der Waals surface area contributed by atoms with Crippen LogP contribution in [0.2, 0.25) is 0 Å². The maximum atomic E-state index is 12.3. The van der Waals surface area contributed by atoms with Crippen LogP contribution < -0.4 is 0 Å². The van der Waals surface area contributed by atoms with Crippen molar-refractivity contribution >= 4 is 0 Å². The molecule has 90 valence electrons. The Morgan fingerprint density at radius 1 is 1.31 bits per heavy atom. The van der Waals surface area contributed by atoms with Crippen LogP contribution in [0.4, 0.5) is 13.2 Å². The van der Waals surface area contributed by atoms with Gasteiger partial charge in [-0.2, -0.15) is 13.2 Å². The Morgan fingerprint density at radius 2 is 1.94 bits per heavy atom. The standard InChI is InChI=1S/C11H13F3O2/c1-16-10(11(12,13)14)7-6-8-4-2-3-5-9(8)15/h2-5,10,15H,6-7H2,1H3. The zero-order valence-electron chi connectivity index (χ0n) is 8.79. The van der Waals surface area contributed by atoms with E-state index in [9.17, 15) is 18.3 Å². The minimum atomic E-state index is -4.36. The van der Waals surface area contributed by atoms with Gasteiger partial charge >= 0.3 is 6.18 Å². The predicted octanol–water partition coefficient (Wildman–Crippen LogP) is 2.90. The van der Waals surface area contributed by atoms with E-state index in [-0.39, 0.29) is 18.6 Å². The fraction of sp³-hybridized carbons (Fsp3) is 0.455. The molecule has 0 aliphatic rings. The van der Waals surface area contributed by atoms with Crippen LogP contribution in [0.1, 0.15) is 12.0 Å². The molecule has 1 N–H and O–H groups in total. The third-order valence-corrected chi connectivity index (χ3v) is 2.32. The van der Waals surface area contributed by atoms with Crippen LogP contribution in [0.3, 0.4) is 0 Å². The number of ether oxygens (including phenoxy) is 1. The van der Waals surface area contributed by atoms with Gasteiger partial charge in [0.25, 0.3) is 0 Å². The van der Waals surface area contributed by atoms with Crippen LogP contribution >= 0.6 is 0 Å². The Labute approximate surface area is 91.7 Å². The van der Waals surface area contributed by atoms with Gasteiger partial charge in [-0.05, 0) is 24.5 Å². The van der Waals surface area contributed by atoms with Crippen LogP contribution in [-0.4, -0.2) is 24.5 Å². The zero-order valence-corrected chi connectivity index (χ0v) is 8.79. The molecule has 0 fully saturated rings. The summed E-state index contributed by atoms with van der Waals surface area (Å²) in [6.45, 7) is 0. The van der Waals surface area contributed by atoms with E-state index >= 15 is 0 Å². The molecule has 1 aromatic rings. The first-order chi connectivity index (χ1) is 7.45. The maximum Gasteiger partial charge on any atom is 0.414 e. The Kier molecular flexibility index (Phi) is 4.18. The molecule has 0 amide bonds. The predicted molar refractivity (Wildman–Crippen MR) is 53.3 cm³/mol. The molecule has 1 unspecified atom stereocenters. The minimum absolute atomic E-state index is 0.0135. The van der Waals surface area contributed by atoms with Crippen LogP contribution in [0, 0.1) is 0 Å². The topological polar surface area (TPSA) is 29.5 Å². The lowest BCUT2D eigenvalue weighted by Crippen LogP contribution is -2.31. The van der Waals surface area contributed by atoms with Crippen molar-refractivity contribution in [3.05, 3.63) is 29.8 Å². The highest BCUT2D eigenvalue weighted by Crippen LogP contribution is 2.27. The minimum Gasteiger partial charge on any atom is -0.508 e. The molecule has 0 aliphatic heterocycles. The van der Waals surface area contributed by atoms with Crippen LogP contribution in [0.25, 0.3) is 0 Å². The summed E-state index contributed by atoms with van der Waals surface area (Å²) in [5.41, 5.74) is 0.494. The smallest absolute Gasteiger partial charge is 0.414 e. The van der Waals surface area contributed by atoms with Gasteiger partial charge in [-0.15, -0.1) is 0 Å². The molecule has 5 heteroatoms. The van der Waals surface area contributed by atoms with Crippen molar-refractivity contribution in [3.63, 3.8) is 0 Å². The molecule has 0 heterocycles. The number of phenols is 1. The zero-order chi connectivity index (χ0) is 12.2. The monoisotopic (exact) mass is 234 g/mol. The third-order valence-electron chi connectivity index (χ3n) is 2.32. The van der Waals surface area contributed by atoms with Crippen molar-refractivity contribution in [3.8, 4) is 5.75 Å². The number of benzene rings is 1. The molecule has 0 bridgehead atoms. The summed E-state index contributed by atoms with van der Waals surface area (Å²) < 4.78 is 41.4. The van der Waals surface area contributed by atoms with Gasteiger partial charge in [0.05, 0.1) is 0 Å². The average molecular weight is 234 g/mol. The largest absolute Gasteiger partial charge is 0.508 e. The summed E-state index contributed by atoms with van der Waals surface area (Å²) in [5, 5.41) is 9.38. The normalized spacial score (nSPS) is 13.8. The number of hydrogen-bond acceptors (Lipinski definition) is 2. The van der Waals surface area contributed by atoms with Gasteiger partial charge < -0.3 is 9.84 Å². The summed E-state index contributed by atoms with van der Waals surface area (Å²) >= 11 is 0. The van der Waals surface area contributed by atoms with E-state index in [1.807, 2.05) is 0 Å². The number of alkyl halides is 3. The van der Waals surface area contributed by atoms with Crippen molar-refractivity contribution in [1.29, 1.82) is 0 Å². The quantitative estimate of drug-likeness (QED) is 0.867. The van der Waals surface area contributed by atoms with E-state index in [1.165, 1.54) is 6.07 Å². The van der Waals surface area contributed by atoms with E-state index in [1.54, 1.807) is 18.2 Å². The molecule has 1 aromatic carbocycles. The van der Waals surface area contributed by atoms with E-state index in [0.717, 1.165) is 7.11 Å². The van der Waals surface area contributed by atoms with E-state index in [2.05, 4.69) is 4.74 Å². The Bertz CT molecular complexity index is 336. The van der Waals surface area contributed by atoms with E-state index in [0.29, 0.717) is 5.56 Å². The second-order valence-electron chi connectivity index (χ2n) is 3.43. The van der Waals surface area contributed by atoms with Gasteiger partial charge in [-0.3, -0.25) is 0 Å². The molecule has 0 spiro atoms. The summed E-state index contributed by atoms with van der Waals surface area (Å²) in [6.07, 6.45) is -6.21. The second kappa shape index (κ2) is 5.21. The number of methoxy groups -OCH3 is 1. The number of rotatable bonds is 4. The summed E-state index contributed by atoms with van der Waals surface area (Å²) in [6, 6.07) is 6.34. The second-order valence-corrected chi connectivity index (χ2v) is 3.43. The molecule has 0 saturated carbocycles. The fourth-order valence-corrected chi connectivity index (χ4v) is 1.42. The van der Waals surface area contributed by atoms with Gasteiger partial charge in [0, 0.05) is 7.11 Å². The lowest BCUT2D eigenvalue weighted by atomic mass is 10.1. The Hall–Kier alpha value is -1.23. The number of halogens is 3. The molecule has 1 rings (SSSR count). The molecule has 2 nitrogen and oxygen atoms in total. The molecule has 0 radical (unpaired) electrons. The summed E-state index contributed by atoms with van der Waals surface area (Å²) in [5.74, 6) is 0.0135. The highest BCUT2D eigenvalue weighted by Gasteiger charge is 2.39. The molecule has 1 atom stereocenters. The van der Waals surface area contributed by atoms with E-state index in [4.69, 9.17) is 0 Å². The molecule has 0 aliphatic carbocycles. The van der Waals surface area contributed by atoms with Crippen LogP contribution in [0.5, 0.6) is 5.75 Å². The third kappa shape index (κ3) is 3.41. The van der Waals surface area contributed by atoms with Gasteiger partial charge in [0.1, 0.15) is 5.75 Å². The fourth-order valence-electron chi connectivity index (χ4n) is 1.42. The maximum absolute atomic E-state index is 12.3. The summed E-state index contributed by atoms with van der Waals surface area (Å²) in [7, 11) is 1.03. The number of phenolic OH excluding ortho intramolecular Hbond substituents is 1. The van der Waals surface area contributed by atoms with Crippen molar-refractivity contribution in [2.45, 2.75) is 25.1 Å². The first-order valence-corrected chi connectivity index (χ1v) is 4.81. The first kappa shape index (κ1) is 12.8. The van der Waals surface area contributed by atoms with Gasteiger partial charge in [-0.25, -0.2) is 0 Å². The SMILES string of the molecule is COC(CCc1ccccc1O)C(F)(F)F. The van der Waals surface area contributed by atoms with Gasteiger partial charge in [0.2, 0.25) is 0 Å². The Balaban J connectivity index is 2.60. The highest BCUT2D eigenvalue weighted by atomic mass is 19.4. The molecular weight excluding hydrogens is 221 g/mol. The van der Waals surface area contributed by atoms with Gasteiger partial charge in [0.15, 0.2) is 6.10 Å². The number of aryl methyl sites for hydroxylation is 1. The molecule has 0 saturated heterocycles. The lowest BCUT2D eigenvalue weighted by Gasteiger charge is -2.18. The van der Waals surface area contributed by atoms with E-state index < -0.39 is 12.3 Å². The molecule has 16 heavy (non-hydrogen) atoms. The lowest BCUT2D eigenvalue weighted by molar-refractivity contribution is -0.214. The van der Waals surface area contributed by atoms with Gasteiger partial charge in [-0.1, -0.05) is 18.2 Å². The highest BCUT2D eigenvalue weighted by molar-refractivity contribution is 5.31. The Morgan fingerprint density at radius 3 is 2.44 bits per heavy atom. The average Bonchev–Trinajstić information content (AvgIpc) is 2.19. The molecule has 0 aromatic heterocycles. The van der Waals surface area contributed by atoms with Crippen molar-refractivity contribution in [2.24, 2.45) is 0 Å². The number of para-hydroxylation sites is 1. The number of hydrogen-bond donors (Lipinski definition) is 1. The van der Waals surface area contributed by atoms with Crippen LogP contribution in [0.15, 0.2) is 24.3 Å². The summed E-state index contributed by atoms with van der Waals surface area (Å²) in [4.78, 5) is 0.